The highest BCUT2D eigenvalue weighted by Crippen LogP contribution is 2.33. The van der Waals surface area contributed by atoms with E-state index in [0.29, 0.717) is 23.4 Å². The normalized spacial score (nSPS) is 10.8. The summed E-state index contributed by atoms with van der Waals surface area (Å²) in [5, 5.41) is 7.45. The van der Waals surface area contributed by atoms with E-state index in [0.717, 1.165) is 23.4 Å². The number of nitrogens with zero attached hydrogens (tertiary/aromatic N) is 2. The van der Waals surface area contributed by atoms with E-state index in [9.17, 15) is 13.6 Å². The van der Waals surface area contributed by atoms with Gasteiger partial charge in [-0.1, -0.05) is 30.3 Å². The number of carbonyl (C=O) groups excluding carboxylic acids is 1. The van der Waals surface area contributed by atoms with Gasteiger partial charge in [0, 0.05) is 23.7 Å². The summed E-state index contributed by atoms with van der Waals surface area (Å²) in [6, 6.07) is 19.9. The van der Waals surface area contributed by atoms with Crippen molar-refractivity contribution in [1.29, 1.82) is 0 Å². The number of halogens is 2. The summed E-state index contributed by atoms with van der Waals surface area (Å²) in [7, 11) is 0. The zero-order valence-corrected chi connectivity index (χ0v) is 18.3. The van der Waals surface area contributed by atoms with Gasteiger partial charge in [0.2, 0.25) is 11.8 Å². The third kappa shape index (κ3) is 5.26. The lowest BCUT2D eigenvalue weighted by molar-refractivity contribution is -0.116. The number of hydrogen-bond donors (Lipinski definition) is 1. The molecule has 0 unspecified atom stereocenters. The Morgan fingerprint density at radius 2 is 1.79 bits per heavy atom. The molecule has 1 aromatic heterocycles. The van der Waals surface area contributed by atoms with Crippen LogP contribution in [0, 0.1) is 25.5 Å². The molecule has 0 fully saturated rings. The third-order valence-corrected chi connectivity index (χ3v) is 5.14. The summed E-state index contributed by atoms with van der Waals surface area (Å²) < 4.78 is 35.2. The number of nitrogens with one attached hydrogen (secondary N) is 1. The Labute approximate surface area is 190 Å². The van der Waals surface area contributed by atoms with Crippen LogP contribution < -0.4 is 10.1 Å². The van der Waals surface area contributed by atoms with Gasteiger partial charge in [0.05, 0.1) is 11.4 Å². The van der Waals surface area contributed by atoms with Gasteiger partial charge < -0.3 is 10.1 Å². The molecule has 0 saturated heterocycles. The molecule has 0 aliphatic heterocycles. The first-order valence-electron chi connectivity index (χ1n) is 10.5. The standard InChI is InChI=1S/C26H23F2N3O2/c1-17-7-6-8-20(15-17)29-25(32)14-12-22-18(2)30-31(21-9-4-3-5-10-21)26(22)33-24-13-11-19(27)16-23(24)28/h3-11,13,15-16H,12,14H2,1-2H3,(H,29,32). The summed E-state index contributed by atoms with van der Waals surface area (Å²) in [5.41, 5.74) is 3.81. The van der Waals surface area contributed by atoms with Gasteiger partial charge in [-0.05, 0) is 62.2 Å². The maximum absolute atomic E-state index is 14.3. The Morgan fingerprint density at radius 1 is 1.00 bits per heavy atom. The molecule has 4 rings (SSSR count). The van der Waals surface area contributed by atoms with E-state index < -0.39 is 11.6 Å². The number of anilines is 1. The number of ether oxygens (including phenoxy) is 1. The molecular weight excluding hydrogens is 424 g/mol. The van der Waals surface area contributed by atoms with Gasteiger partial charge in [0.1, 0.15) is 5.82 Å². The molecule has 1 amide bonds. The van der Waals surface area contributed by atoms with E-state index in [2.05, 4.69) is 10.4 Å². The summed E-state index contributed by atoms with van der Waals surface area (Å²) in [6.07, 6.45) is 0.506. The molecule has 5 nitrogen and oxygen atoms in total. The summed E-state index contributed by atoms with van der Waals surface area (Å²) >= 11 is 0. The Bertz CT molecular complexity index is 1290. The molecule has 0 atom stereocenters. The van der Waals surface area contributed by atoms with E-state index in [4.69, 9.17) is 4.74 Å². The van der Waals surface area contributed by atoms with Crippen LogP contribution in [0.2, 0.25) is 0 Å². The second-order valence-corrected chi connectivity index (χ2v) is 7.71. The highest BCUT2D eigenvalue weighted by atomic mass is 19.1. The molecule has 0 radical (unpaired) electrons. The molecule has 3 aromatic carbocycles. The monoisotopic (exact) mass is 447 g/mol. The van der Waals surface area contributed by atoms with Crippen molar-refractivity contribution in [1.82, 2.24) is 9.78 Å². The zero-order valence-electron chi connectivity index (χ0n) is 18.3. The third-order valence-electron chi connectivity index (χ3n) is 5.14. The van der Waals surface area contributed by atoms with Gasteiger partial charge in [-0.25, -0.2) is 13.5 Å². The molecule has 4 aromatic rings. The fourth-order valence-corrected chi connectivity index (χ4v) is 3.52. The zero-order chi connectivity index (χ0) is 23.4. The first-order chi connectivity index (χ1) is 15.9. The molecule has 7 heteroatoms. The van der Waals surface area contributed by atoms with Gasteiger partial charge >= 0.3 is 0 Å². The highest BCUT2D eigenvalue weighted by molar-refractivity contribution is 5.90. The molecule has 1 heterocycles. The smallest absolute Gasteiger partial charge is 0.226 e. The average Bonchev–Trinajstić information content (AvgIpc) is 3.10. The number of para-hydroxylation sites is 1. The Morgan fingerprint density at radius 3 is 2.52 bits per heavy atom. The second-order valence-electron chi connectivity index (χ2n) is 7.71. The van der Waals surface area contributed by atoms with Crippen LogP contribution in [-0.2, 0) is 11.2 Å². The Kier molecular flexibility index (Phi) is 6.49. The van der Waals surface area contributed by atoms with Crippen molar-refractivity contribution in [3.63, 3.8) is 0 Å². The molecular formula is C26H23F2N3O2. The molecule has 0 bridgehead atoms. The Hall–Kier alpha value is -4.00. The number of aryl methyl sites for hydroxylation is 2. The summed E-state index contributed by atoms with van der Waals surface area (Å²) in [6.45, 7) is 3.76. The molecule has 0 spiro atoms. The maximum Gasteiger partial charge on any atom is 0.226 e. The van der Waals surface area contributed by atoms with Crippen molar-refractivity contribution in [2.24, 2.45) is 0 Å². The van der Waals surface area contributed by atoms with E-state index >= 15 is 0 Å². The first-order valence-corrected chi connectivity index (χ1v) is 10.5. The summed E-state index contributed by atoms with van der Waals surface area (Å²) in [4.78, 5) is 12.6. The Balaban J connectivity index is 1.62. The van der Waals surface area contributed by atoms with Crippen molar-refractivity contribution in [2.45, 2.75) is 26.7 Å². The van der Waals surface area contributed by atoms with Crippen molar-refractivity contribution in [2.75, 3.05) is 5.32 Å². The van der Waals surface area contributed by atoms with E-state index in [-0.39, 0.29) is 24.0 Å². The van der Waals surface area contributed by atoms with Gasteiger partial charge in [-0.2, -0.15) is 5.10 Å². The van der Waals surface area contributed by atoms with Crippen molar-refractivity contribution >= 4 is 11.6 Å². The number of aromatic nitrogens is 2. The number of amides is 1. The predicted molar refractivity (Wildman–Crippen MR) is 123 cm³/mol. The SMILES string of the molecule is Cc1cccc(NC(=O)CCc2c(C)nn(-c3ccccc3)c2Oc2ccc(F)cc2F)c1. The minimum absolute atomic E-state index is 0.126. The van der Waals surface area contributed by atoms with E-state index in [1.165, 1.54) is 6.07 Å². The van der Waals surface area contributed by atoms with Crippen LogP contribution in [0.1, 0.15) is 23.2 Å². The van der Waals surface area contributed by atoms with Crippen LogP contribution in [0.15, 0.2) is 72.8 Å². The molecule has 0 aliphatic rings. The lowest BCUT2D eigenvalue weighted by atomic mass is 10.1. The fraction of sp³-hybridized carbons (Fsp3) is 0.154. The van der Waals surface area contributed by atoms with Crippen molar-refractivity contribution in [3.8, 4) is 17.3 Å². The molecule has 33 heavy (non-hydrogen) atoms. The summed E-state index contributed by atoms with van der Waals surface area (Å²) in [5.74, 6) is -1.52. The minimum Gasteiger partial charge on any atom is -0.436 e. The topological polar surface area (TPSA) is 56.2 Å². The molecule has 1 N–H and O–H groups in total. The molecule has 0 saturated carbocycles. The number of carbonyl (C=O) groups is 1. The van der Waals surface area contributed by atoms with Gasteiger partial charge in [-0.15, -0.1) is 0 Å². The average molecular weight is 447 g/mol. The quantitative estimate of drug-likeness (QED) is 0.371. The maximum atomic E-state index is 14.3. The molecule has 0 aliphatic carbocycles. The van der Waals surface area contributed by atoms with Crippen LogP contribution in [0.3, 0.4) is 0 Å². The highest BCUT2D eigenvalue weighted by Gasteiger charge is 2.21. The van der Waals surface area contributed by atoms with Crippen LogP contribution in [0.5, 0.6) is 11.6 Å². The van der Waals surface area contributed by atoms with Crippen LogP contribution in [-0.4, -0.2) is 15.7 Å². The van der Waals surface area contributed by atoms with Crippen LogP contribution >= 0.6 is 0 Å². The van der Waals surface area contributed by atoms with Crippen LogP contribution in [0.4, 0.5) is 14.5 Å². The fourth-order valence-electron chi connectivity index (χ4n) is 3.52. The lowest BCUT2D eigenvalue weighted by Gasteiger charge is -2.12. The largest absolute Gasteiger partial charge is 0.436 e. The number of rotatable bonds is 7. The first kappa shape index (κ1) is 22.2. The van der Waals surface area contributed by atoms with Crippen LogP contribution in [0.25, 0.3) is 5.69 Å². The molecule has 168 valence electrons. The van der Waals surface area contributed by atoms with Crippen molar-refractivity contribution < 1.29 is 18.3 Å². The van der Waals surface area contributed by atoms with Gasteiger partial charge in [0.25, 0.3) is 0 Å². The van der Waals surface area contributed by atoms with E-state index in [1.54, 1.807) is 11.6 Å². The van der Waals surface area contributed by atoms with Gasteiger partial charge in [0.15, 0.2) is 11.6 Å². The lowest BCUT2D eigenvalue weighted by Crippen LogP contribution is -2.12. The number of hydrogen-bond acceptors (Lipinski definition) is 3. The van der Waals surface area contributed by atoms with Gasteiger partial charge in [-0.3, -0.25) is 4.79 Å². The number of benzene rings is 3. The van der Waals surface area contributed by atoms with Crippen molar-refractivity contribution in [3.05, 3.63) is 101 Å². The predicted octanol–water partition coefficient (Wildman–Crippen LogP) is 6.13. The minimum atomic E-state index is -0.823. The second kappa shape index (κ2) is 9.65. The van der Waals surface area contributed by atoms with E-state index in [1.807, 2.05) is 61.5 Å².